The highest BCUT2D eigenvalue weighted by Crippen LogP contribution is 2.19. The normalized spacial score (nSPS) is 11.2. The summed E-state index contributed by atoms with van der Waals surface area (Å²) in [6.45, 7) is 4.19. The number of hydrogen-bond acceptors (Lipinski definition) is 1. The van der Waals surface area contributed by atoms with Crippen LogP contribution in [0.3, 0.4) is 0 Å². The maximum atomic E-state index is 13.0. The summed E-state index contributed by atoms with van der Waals surface area (Å²) in [6, 6.07) is 4.84. The lowest BCUT2D eigenvalue weighted by Gasteiger charge is -2.02. The van der Waals surface area contributed by atoms with E-state index >= 15 is 0 Å². The van der Waals surface area contributed by atoms with E-state index in [1.54, 1.807) is 12.1 Å². The number of ether oxygens (including phenoxy) is 1. The molecular formula is C12H15FO. The Balaban J connectivity index is 2.89. The first-order valence-electron chi connectivity index (χ1n) is 4.65. The summed E-state index contributed by atoms with van der Waals surface area (Å²) in [6.07, 6.45) is 4.03. The number of benzene rings is 1. The molecule has 0 aromatic heterocycles. The first-order chi connectivity index (χ1) is 6.63. The smallest absolute Gasteiger partial charge is 0.165 e. The van der Waals surface area contributed by atoms with Gasteiger partial charge < -0.3 is 4.74 Å². The predicted octanol–water partition coefficient (Wildman–Crippen LogP) is 3.50. The van der Waals surface area contributed by atoms with Crippen molar-refractivity contribution < 1.29 is 9.13 Å². The fourth-order valence-corrected chi connectivity index (χ4v) is 1.08. The summed E-state index contributed by atoms with van der Waals surface area (Å²) < 4.78 is 17.9. The van der Waals surface area contributed by atoms with Gasteiger partial charge in [0.05, 0.1) is 7.11 Å². The zero-order valence-corrected chi connectivity index (χ0v) is 8.75. The van der Waals surface area contributed by atoms with E-state index in [1.807, 2.05) is 6.08 Å². The van der Waals surface area contributed by atoms with Crippen molar-refractivity contribution in [2.75, 3.05) is 7.11 Å². The fraction of sp³-hybridized carbons (Fsp3) is 0.333. The molecule has 0 N–H and O–H groups in total. The zero-order chi connectivity index (χ0) is 10.6. The van der Waals surface area contributed by atoms with Crippen molar-refractivity contribution >= 4 is 6.08 Å². The van der Waals surface area contributed by atoms with Crippen molar-refractivity contribution in [3.8, 4) is 5.75 Å². The van der Waals surface area contributed by atoms with E-state index in [4.69, 9.17) is 4.74 Å². The van der Waals surface area contributed by atoms with Crippen LogP contribution in [0.2, 0.25) is 0 Å². The largest absolute Gasteiger partial charge is 0.494 e. The van der Waals surface area contributed by atoms with Gasteiger partial charge in [0, 0.05) is 0 Å². The quantitative estimate of drug-likeness (QED) is 0.715. The molecule has 0 bridgehead atoms. The molecule has 2 heteroatoms. The van der Waals surface area contributed by atoms with E-state index in [1.165, 1.54) is 13.2 Å². The van der Waals surface area contributed by atoms with Crippen LogP contribution in [0.15, 0.2) is 24.3 Å². The van der Waals surface area contributed by atoms with Crippen LogP contribution in [0.4, 0.5) is 4.39 Å². The first-order valence-corrected chi connectivity index (χ1v) is 4.65. The molecule has 0 radical (unpaired) electrons. The van der Waals surface area contributed by atoms with Gasteiger partial charge in [0.25, 0.3) is 0 Å². The monoisotopic (exact) mass is 194 g/mol. The minimum Gasteiger partial charge on any atom is -0.494 e. The van der Waals surface area contributed by atoms with Crippen molar-refractivity contribution in [1.29, 1.82) is 0 Å². The second-order valence-corrected chi connectivity index (χ2v) is 3.50. The topological polar surface area (TPSA) is 9.23 Å². The highest BCUT2D eigenvalue weighted by molar-refractivity contribution is 5.52. The molecule has 14 heavy (non-hydrogen) atoms. The number of halogens is 1. The SMILES string of the molecule is COc1cc(C=CC(C)C)ccc1F. The number of hydrogen-bond donors (Lipinski definition) is 0. The van der Waals surface area contributed by atoms with Crippen LogP contribution >= 0.6 is 0 Å². The van der Waals surface area contributed by atoms with Gasteiger partial charge in [0.15, 0.2) is 11.6 Å². The summed E-state index contributed by atoms with van der Waals surface area (Å²) in [5.74, 6) is 0.455. The molecule has 0 saturated carbocycles. The molecule has 0 atom stereocenters. The molecule has 1 rings (SSSR count). The standard InChI is InChI=1S/C12H15FO/c1-9(2)4-5-10-6-7-11(13)12(8-10)14-3/h4-9H,1-3H3. The van der Waals surface area contributed by atoms with E-state index in [9.17, 15) is 4.39 Å². The summed E-state index contributed by atoms with van der Waals surface area (Å²) in [5, 5.41) is 0. The van der Waals surface area contributed by atoms with E-state index < -0.39 is 0 Å². The van der Waals surface area contributed by atoms with Crippen molar-refractivity contribution in [3.05, 3.63) is 35.7 Å². The van der Waals surface area contributed by atoms with Crippen LogP contribution in [0.5, 0.6) is 5.75 Å². The lowest BCUT2D eigenvalue weighted by molar-refractivity contribution is 0.386. The average molecular weight is 194 g/mol. The molecule has 0 fully saturated rings. The van der Waals surface area contributed by atoms with Crippen LogP contribution in [0.1, 0.15) is 19.4 Å². The van der Waals surface area contributed by atoms with Gasteiger partial charge in [-0.2, -0.15) is 0 Å². The Morgan fingerprint density at radius 3 is 2.64 bits per heavy atom. The van der Waals surface area contributed by atoms with Gasteiger partial charge in [-0.05, 0) is 23.6 Å². The zero-order valence-electron chi connectivity index (χ0n) is 8.75. The highest BCUT2D eigenvalue weighted by atomic mass is 19.1. The minimum absolute atomic E-state index is 0.288. The van der Waals surface area contributed by atoms with Crippen molar-refractivity contribution in [2.45, 2.75) is 13.8 Å². The maximum absolute atomic E-state index is 13.0. The Hall–Kier alpha value is -1.31. The molecule has 0 aliphatic rings. The Morgan fingerprint density at radius 1 is 1.36 bits per heavy atom. The Labute approximate surface area is 84.2 Å². The van der Waals surface area contributed by atoms with Crippen LogP contribution in [-0.2, 0) is 0 Å². The van der Waals surface area contributed by atoms with E-state index in [-0.39, 0.29) is 11.6 Å². The minimum atomic E-state index is -0.325. The molecule has 0 aliphatic carbocycles. The fourth-order valence-electron chi connectivity index (χ4n) is 1.08. The average Bonchev–Trinajstić information content (AvgIpc) is 2.16. The second kappa shape index (κ2) is 4.80. The summed E-state index contributed by atoms with van der Waals surface area (Å²) >= 11 is 0. The van der Waals surface area contributed by atoms with Crippen molar-refractivity contribution in [3.63, 3.8) is 0 Å². The van der Waals surface area contributed by atoms with E-state index in [0.29, 0.717) is 5.92 Å². The molecule has 0 heterocycles. The van der Waals surface area contributed by atoms with Gasteiger partial charge in [0.2, 0.25) is 0 Å². The van der Waals surface area contributed by atoms with Crippen LogP contribution in [0, 0.1) is 11.7 Å². The molecule has 76 valence electrons. The Bertz CT molecular complexity index is 329. The van der Waals surface area contributed by atoms with Crippen LogP contribution in [-0.4, -0.2) is 7.11 Å². The lowest BCUT2D eigenvalue weighted by Crippen LogP contribution is -1.88. The third kappa shape index (κ3) is 2.87. The molecule has 0 amide bonds. The molecular weight excluding hydrogens is 179 g/mol. The lowest BCUT2D eigenvalue weighted by atomic mass is 10.1. The summed E-state index contributed by atoms with van der Waals surface area (Å²) in [5.41, 5.74) is 0.956. The highest BCUT2D eigenvalue weighted by Gasteiger charge is 2.01. The van der Waals surface area contributed by atoms with Crippen LogP contribution < -0.4 is 4.74 Å². The number of methoxy groups -OCH3 is 1. The van der Waals surface area contributed by atoms with Crippen LogP contribution in [0.25, 0.3) is 6.08 Å². The molecule has 1 aromatic rings. The second-order valence-electron chi connectivity index (χ2n) is 3.50. The number of rotatable bonds is 3. The number of allylic oxidation sites excluding steroid dienone is 1. The predicted molar refractivity (Wildman–Crippen MR) is 56.8 cm³/mol. The summed E-state index contributed by atoms with van der Waals surface area (Å²) in [4.78, 5) is 0. The maximum Gasteiger partial charge on any atom is 0.165 e. The van der Waals surface area contributed by atoms with Crippen molar-refractivity contribution in [1.82, 2.24) is 0 Å². The molecule has 0 saturated heterocycles. The molecule has 1 nitrogen and oxygen atoms in total. The van der Waals surface area contributed by atoms with E-state index in [0.717, 1.165) is 5.56 Å². The van der Waals surface area contributed by atoms with Gasteiger partial charge in [-0.1, -0.05) is 32.1 Å². The van der Waals surface area contributed by atoms with Gasteiger partial charge >= 0.3 is 0 Å². The molecule has 0 aliphatic heterocycles. The van der Waals surface area contributed by atoms with Crippen molar-refractivity contribution in [2.24, 2.45) is 5.92 Å². The molecule has 0 unspecified atom stereocenters. The summed E-state index contributed by atoms with van der Waals surface area (Å²) in [7, 11) is 1.47. The van der Waals surface area contributed by atoms with Gasteiger partial charge in [-0.25, -0.2) is 4.39 Å². The third-order valence-corrected chi connectivity index (χ3v) is 1.85. The van der Waals surface area contributed by atoms with Gasteiger partial charge in [-0.15, -0.1) is 0 Å². The van der Waals surface area contributed by atoms with Gasteiger partial charge in [0.1, 0.15) is 0 Å². The first kappa shape index (κ1) is 10.8. The Morgan fingerprint density at radius 2 is 2.07 bits per heavy atom. The van der Waals surface area contributed by atoms with Gasteiger partial charge in [-0.3, -0.25) is 0 Å². The van der Waals surface area contributed by atoms with E-state index in [2.05, 4.69) is 19.9 Å². The Kier molecular flexibility index (Phi) is 3.69. The molecule has 1 aromatic carbocycles. The molecule has 0 spiro atoms. The third-order valence-electron chi connectivity index (χ3n) is 1.85.